The zero-order valence-corrected chi connectivity index (χ0v) is 10.5. The van der Waals surface area contributed by atoms with Gasteiger partial charge in [0, 0.05) is 30.4 Å². The Morgan fingerprint density at radius 2 is 2.12 bits per heavy atom. The molecule has 2 rings (SSSR count). The third kappa shape index (κ3) is 3.08. The smallest absolute Gasteiger partial charge is 0.0457 e. The average Bonchev–Trinajstić information content (AvgIpc) is 2.73. The Labute approximate surface area is 102 Å². The van der Waals surface area contributed by atoms with Crippen LogP contribution in [0.25, 0.3) is 10.9 Å². The molecular formula is C14H20N2O. The Hall–Kier alpha value is -1.32. The van der Waals surface area contributed by atoms with E-state index in [4.69, 9.17) is 5.11 Å². The van der Waals surface area contributed by atoms with Crippen LogP contribution in [-0.4, -0.2) is 22.2 Å². The molecule has 0 spiro atoms. The maximum Gasteiger partial charge on any atom is 0.0457 e. The lowest BCUT2D eigenvalue weighted by molar-refractivity contribution is 0.230. The Kier molecular flexibility index (Phi) is 3.50. The van der Waals surface area contributed by atoms with E-state index in [1.54, 1.807) is 0 Å². The van der Waals surface area contributed by atoms with Gasteiger partial charge in [0.05, 0.1) is 0 Å². The largest absolute Gasteiger partial charge is 0.396 e. The molecule has 3 N–H and O–H groups in total. The molecule has 0 radical (unpaired) electrons. The van der Waals surface area contributed by atoms with Crippen molar-refractivity contribution < 1.29 is 5.11 Å². The minimum Gasteiger partial charge on any atom is -0.396 e. The highest BCUT2D eigenvalue weighted by molar-refractivity contribution is 5.79. The van der Waals surface area contributed by atoms with Crippen molar-refractivity contribution in [2.75, 3.05) is 6.61 Å². The second-order valence-corrected chi connectivity index (χ2v) is 5.11. The van der Waals surface area contributed by atoms with Gasteiger partial charge in [-0.05, 0) is 43.4 Å². The highest BCUT2D eigenvalue weighted by Crippen LogP contribution is 2.15. The van der Waals surface area contributed by atoms with Crippen molar-refractivity contribution >= 4 is 10.9 Å². The van der Waals surface area contributed by atoms with E-state index in [9.17, 15) is 0 Å². The van der Waals surface area contributed by atoms with E-state index in [0.717, 1.165) is 13.0 Å². The number of aliphatic hydroxyl groups excluding tert-OH is 1. The molecule has 1 aromatic heterocycles. The first-order valence-electron chi connectivity index (χ1n) is 6.03. The van der Waals surface area contributed by atoms with Crippen molar-refractivity contribution in [3.8, 4) is 0 Å². The van der Waals surface area contributed by atoms with Crippen LogP contribution in [0.1, 0.15) is 25.8 Å². The SMILES string of the molecule is CC(C)(CCO)NCc1ccc2cc[nH]c2c1. The van der Waals surface area contributed by atoms with Crippen molar-refractivity contribution in [1.82, 2.24) is 10.3 Å². The molecule has 0 fully saturated rings. The summed E-state index contributed by atoms with van der Waals surface area (Å²) >= 11 is 0. The minimum atomic E-state index is -0.0283. The second-order valence-electron chi connectivity index (χ2n) is 5.11. The third-order valence-electron chi connectivity index (χ3n) is 3.13. The molecule has 1 heterocycles. The highest BCUT2D eigenvalue weighted by Gasteiger charge is 2.15. The van der Waals surface area contributed by atoms with E-state index < -0.39 is 0 Å². The highest BCUT2D eigenvalue weighted by atomic mass is 16.3. The van der Waals surface area contributed by atoms with Crippen LogP contribution >= 0.6 is 0 Å². The predicted octanol–water partition coefficient (Wildman–Crippen LogP) is 2.42. The van der Waals surface area contributed by atoms with Gasteiger partial charge in [-0.25, -0.2) is 0 Å². The molecule has 3 heteroatoms. The number of hydrogen-bond donors (Lipinski definition) is 3. The van der Waals surface area contributed by atoms with Gasteiger partial charge in [-0.3, -0.25) is 0 Å². The molecule has 17 heavy (non-hydrogen) atoms. The van der Waals surface area contributed by atoms with E-state index in [1.807, 2.05) is 6.20 Å². The lowest BCUT2D eigenvalue weighted by Gasteiger charge is -2.25. The summed E-state index contributed by atoms with van der Waals surface area (Å²) in [5.41, 5.74) is 2.40. The molecule has 0 saturated heterocycles. The summed E-state index contributed by atoms with van der Waals surface area (Å²) in [5, 5.41) is 13.7. The fourth-order valence-electron chi connectivity index (χ4n) is 1.91. The molecule has 0 bridgehead atoms. The van der Waals surface area contributed by atoms with Gasteiger partial charge in [-0.15, -0.1) is 0 Å². The first-order chi connectivity index (χ1) is 8.11. The van der Waals surface area contributed by atoms with Gasteiger partial charge in [0.15, 0.2) is 0 Å². The molecule has 0 unspecified atom stereocenters. The van der Waals surface area contributed by atoms with E-state index in [0.29, 0.717) is 0 Å². The molecule has 3 nitrogen and oxygen atoms in total. The minimum absolute atomic E-state index is 0.0283. The summed E-state index contributed by atoms with van der Waals surface area (Å²) in [5.74, 6) is 0. The third-order valence-corrected chi connectivity index (χ3v) is 3.13. The van der Waals surface area contributed by atoms with Gasteiger partial charge in [-0.1, -0.05) is 12.1 Å². The molecule has 1 aromatic carbocycles. The van der Waals surface area contributed by atoms with Crippen LogP contribution in [0.4, 0.5) is 0 Å². The first-order valence-corrected chi connectivity index (χ1v) is 6.03. The van der Waals surface area contributed by atoms with Crippen molar-refractivity contribution in [3.63, 3.8) is 0 Å². The normalized spacial score (nSPS) is 12.2. The molecule has 0 aliphatic rings. The number of benzene rings is 1. The zero-order valence-electron chi connectivity index (χ0n) is 10.5. The summed E-state index contributed by atoms with van der Waals surface area (Å²) in [6.07, 6.45) is 2.72. The van der Waals surface area contributed by atoms with Gasteiger partial charge >= 0.3 is 0 Å². The Balaban J connectivity index is 2.03. The number of hydrogen-bond acceptors (Lipinski definition) is 2. The zero-order chi connectivity index (χ0) is 12.3. The van der Waals surface area contributed by atoms with Gasteiger partial charge in [0.2, 0.25) is 0 Å². The van der Waals surface area contributed by atoms with E-state index in [1.165, 1.54) is 16.5 Å². The van der Waals surface area contributed by atoms with Crippen LogP contribution in [0.5, 0.6) is 0 Å². The fourth-order valence-corrected chi connectivity index (χ4v) is 1.91. The summed E-state index contributed by atoms with van der Waals surface area (Å²) in [7, 11) is 0. The Morgan fingerprint density at radius 1 is 1.29 bits per heavy atom. The van der Waals surface area contributed by atoms with Gasteiger partial charge in [0.25, 0.3) is 0 Å². The first kappa shape index (κ1) is 12.1. The van der Waals surface area contributed by atoms with Gasteiger partial charge in [-0.2, -0.15) is 0 Å². The van der Waals surface area contributed by atoms with Crippen LogP contribution in [0.3, 0.4) is 0 Å². The van der Waals surface area contributed by atoms with E-state index in [2.05, 4.69) is 48.4 Å². The topological polar surface area (TPSA) is 48.0 Å². The van der Waals surface area contributed by atoms with Crippen LogP contribution < -0.4 is 5.32 Å². The number of aliphatic hydroxyl groups is 1. The molecule has 0 atom stereocenters. The van der Waals surface area contributed by atoms with Gasteiger partial charge < -0.3 is 15.4 Å². The van der Waals surface area contributed by atoms with Crippen LogP contribution in [0.15, 0.2) is 30.5 Å². The molecule has 0 saturated carbocycles. The quantitative estimate of drug-likeness (QED) is 0.741. The maximum absolute atomic E-state index is 8.97. The van der Waals surface area contributed by atoms with Crippen molar-refractivity contribution in [2.45, 2.75) is 32.4 Å². The maximum atomic E-state index is 8.97. The molecule has 0 amide bonds. The number of fused-ring (bicyclic) bond motifs is 1. The molecular weight excluding hydrogens is 212 g/mol. The lowest BCUT2D eigenvalue weighted by Crippen LogP contribution is -2.39. The fraction of sp³-hybridized carbons (Fsp3) is 0.429. The van der Waals surface area contributed by atoms with Gasteiger partial charge in [0.1, 0.15) is 0 Å². The van der Waals surface area contributed by atoms with Crippen molar-refractivity contribution in [2.24, 2.45) is 0 Å². The van der Waals surface area contributed by atoms with Crippen molar-refractivity contribution in [3.05, 3.63) is 36.0 Å². The summed E-state index contributed by atoms with van der Waals surface area (Å²) in [4.78, 5) is 3.21. The number of nitrogens with one attached hydrogen (secondary N) is 2. The number of aromatic nitrogens is 1. The molecule has 2 aromatic rings. The van der Waals surface area contributed by atoms with E-state index >= 15 is 0 Å². The number of rotatable bonds is 5. The molecule has 92 valence electrons. The lowest BCUT2D eigenvalue weighted by atomic mass is 10.0. The van der Waals surface area contributed by atoms with Crippen molar-refractivity contribution in [1.29, 1.82) is 0 Å². The van der Waals surface area contributed by atoms with Crippen LogP contribution in [0, 0.1) is 0 Å². The van der Waals surface area contributed by atoms with Crippen LogP contribution in [-0.2, 0) is 6.54 Å². The predicted molar refractivity (Wildman–Crippen MR) is 70.9 cm³/mol. The Bertz CT molecular complexity index is 488. The standard InChI is InChI=1S/C14H20N2O/c1-14(2,6-8-17)16-10-11-3-4-12-5-7-15-13(12)9-11/h3-5,7,9,15-17H,6,8,10H2,1-2H3. The summed E-state index contributed by atoms with van der Waals surface area (Å²) < 4.78 is 0. The Morgan fingerprint density at radius 3 is 2.88 bits per heavy atom. The number of aromatic amines is 1. The number of H-pyrrole nitrogens is 1. The second kappa shape index (κ2) is 4.90. The van der Waals surface area contributed by atoms with E-state index in [-0.39, 0.29) is 12.1 Å². The monoisotopic (exact) mass is 232 g/mol. The molecule has 0 aliphatic carbocycles. The molecule has 0 aliphatic heterocycles. The average molecular weight is 232 g/mol. The van der Waals surface area contributed by atoms with Crippen LogP contribution in [0.2, 0.25) is 0 Å². The summed E-state index contributed by atoms with van der Waals surface area (Å²) in [6, 6.07) is 8.50. The summed E-state index contributed by atoms with van der Waals surface area (Å²) in [6.45, 7) is 5.25.